The topological polar surface area (TPSA) is 38.9 Å². The molecule has 146 valence electrons. The van der Waals surface area contributed by atoms with Crippen LogP contribution in [0.15, 0.2) is 87.6 Å². The van der Waals surface area contributed by atoms with Gasteiger partial charge in [0.2, 0.25) is 4.80 Å². The maximum Gasteiger partial charge on any atom is 0.206 e. The summed E-state index contributed by atoms with van der Waals surface area (Å²) in [6.45, 7) is 0.713. The van der Waals surface area contributed by atoms with Crippen molar-refractivity contribution in [1.29, 1.82) is 0 Å². The van der Waals surface area contributed by atoms with Crippen molar-refractivity contribution in [3.8, 4) is 17.0 Å². The molecule has 0 amide bonds. The van der Waals surface area contributed by atoms with E-state index < -0.39 is 0 Å². The number of aromatic nitrogens is 1. The molecule has 0 aliphatic carbocycles. The van der Waals surface area contributed by atoms with Crippen LogP contribution in [0.3, 0.4) is 0 Å². The molecule has 0 N–H and O–H groups in total. The monoisotopic (exact) mass is 419 g/mol. The van der Waals surface area contributed by atoms with Gasteiger partial charge in [0.05, 0.1) is 19.0 Å². The Balaban J connectivity index is 1.71. The zero-order valence-corrected chi connectivity index (χ0v) is 17.7. The molecule has 4 aromatic rings. The Morgan fingerprint density at radius 3 is 2.59 bits per heavy atom. The molecule has 2 heterocycles. The molecule has 0 bridgehead atoms. The molecule has 0 aliphatic heterocycles. The molecular weight excluding hydrogens is 398 g/mol. The van der Waals surface area contributed by atoms with Crippen molar-refractivity contribution < 1.29 is 4.74 Å². The lowest BCUT2D eigenvalue weighted by Crippen LogP contribution is -2.13. The van der Waals surface area contributed by atoms with E-state index in [-0.39, 0.29) is 0 Å². The van der Waals surface area contributed by atoms with E-state index in [1.807, 2.05) is 52.7 Å². The van der Waals surface area contributed by atoms with Crippen LogP contribution in [-0.4, -0.2) is 24.5 Å². The first-order valence-corrected chi connectivity index (χ1v) is 11.1. The summed E-state index contributed by atoms with van der Waals surface area (Å²) in [5.41, 5.74) is 3.25. The minimum atomic E-state index is 0.713. The molecule has 0 spiro atoms. The molecule has 4 nitrogen and oxygen atoms in total. The second kappa shape index (κ2) is 9.49. The molecule has 0 aliphatic rings. The Morgan fingerprint density at radius 2 is 1.79 bits per heavy atom. The van der Waals surface area contributed by atoms with Gasteiger partial charge in [0.25, 0.3) is 0 Å². The Hall–Kier alpha value is -2.96. The highest BCUT2D eigenvalue weighted by molar-refractivity contribution is 7.11. The van der Waals surface area contributed by atoms with Crippen molar-refractivity contribution in [3.63, 3.8) is 0 Å². The third-order valence-electron chi connectivity index (χ3n) is 4.40. The molecule has 0 fully saturated rings. The smallest absolute Gasteiger partial charge is 0.206 e. The minimum absolute atomic E-state index is 0.713. The van der Waals surface area contributed by atoms with Gasteiger partial charge in [-0.1, -0.05) is 48.5 Å². The fourth-order valence-corrected chi connectivity index (χ4v) is 4.40. The van der Waals surface area contributed by atoms with Crippen LogP contribution in [0.25, 0.3) is 11.3 Å². The Morgan fingerprint density at radius 1 is 0.966 bits per heavy atom. The summed E-state index contributed by atoms with van der Waals surface area (Å²) in [5, 5.41) is 8.89. The van der Waals surface area contributed by atoms with Crippen LogP contribution in [0.2, 0.25) is 0 Å². The highest BCUT2D eigenvalue weighted by Gasteiger charge is 2.12. The van der Waals surface area contributed by atoms with Crippen LogP contribution >= 0.6 is 22.7 Å². The minimum Gasteiger partial charge on any atom is -0.496 e. The van der Waals surface area contributed by atoms with Crippen molar-refractivity contribution in [2.75, 3.05) is 13.7 Å². The molecule has 0 unspecified atom stereocenters. The van der Waals surface area contributed by atoms with Crippen LogP contribution < -0.4 is 9.54 Å². The fourth-order valence-electron chi connectivity index (χ4n) is 2.97. The lowest BCUT2D eigenvalue weighted by atomic mass is 10.1. The summed E-state index contributed by atoms with van der Waals surface area (Å²) in [5.74, 6) is 0.821. The van der Waals surface area contributed by atoms with Gasteiger partial charge in [0, 0.05) is 22.4 Å². The molecule has 0 atom stereocenters. The summed E-state index contributed by atoms with van der Waals surface area (Å²) >= 11 is 3.25. The number of thiazole rings is 1. The van der Waals surface area contributed by atoms with Crippen molar-refractivity contribution in [1.82, 2.24) is 4.68 Å². The number of benzene rings is 2. The molecule has 0 saturated carbocycles. The van der Waals surface area contributed by atoms with Gasteiger partial charge in [-0.25, -0.2) is 4.68 Å². The number of rotatable bonds is 7. The van der Waals surface area contributed by atoms with Gasteiger partial charge in [-0.2, -0.15) is 5.10 Å². The summed E-state index contributed by atoms with van der Waals surface area (Å²) in [4.78, 5) is 6.81. The normalized spacial score (nSPS) is 12.0. The van der Waals surface area contributed by atoms with Crippen molar-refractivity contribution in [3.05, 3.63) is 92.7 Å². The van der Waals surface area contributed by atoms with Crippen LogP contribution in [0.1, 0.15) is 10.4 Å². The second-order valence-electron chi connectivity index (χ2n) is 6.29. The number of methoxy groups -OCH3 is 1. The van der Waals surface area contributed by atoms with Crippen LogP contribution in [-0.2, 0) is 6.42 Å². The van der Waals surface area contributed by atoms with Crippen LogP contribution in [0, 0.1) is 0 Å². The molecule has 2 aromatic carbocycles. The lowest BCUT2D eigenvalue weighted by Gasteiger charge is -2.08. The number of nitrogens with zero attached hydrogens (tertiary/aromatic N) is 3. The summed E-state index contributed by atoms with van der Waals surface area (Å²) in [6, 6.07) is 22.5. The number of hydrogen-bond acceptors (Lipinski definition) is 5. The first kappa shape index (κ1) is 19.4. The number of hydrogen-bond donors (Lipinski definition) is 0. The third kappa shape index (κ3) is 4.72. The largest absolute Gasteiger partial charge is 0.496 e. The Kier molecular flexibility index (Phi) is 6.34. The summed E-state index contributed by atoms with van der Waals surface area (Å²) in [7, 11) is 1.69. The molecule has 0 radical (unpaired) electrons. The number of thiophene rings is 1. The van der Waals surface area contributed by atoms with Gasteiger partial charge in [0.15, 0.2) is 0 Å². The van der Waals surface area contributed by atoms with E-state index in [2.05, 4.69) is 35.7 Å². The first-order chi connectivity index (χ1) is 14.3. The average Bonchev–Trinajstić information content (AvgIpc) is 3.43. The summed E-state index contributed by atoms with van der Waals surface area (Å²) in [6.07, 6.45) is 2.78. The second-order valence-corrected chi connectivity index (χ2v) is 8.11. The van der Waals surface area contributed by atoms with Gasteiger partial charge < -0.3 is 4.74 Å². The van der Waals surface area contributed by atoms with Crippen molar-refractivity contribution in [2.45, 2.75) is 6.42 Å². The van der Waals surface area contributed by atoms with E-state index in [4.69, 9.17) is 14.8 Å². The predicted molar refractivity (Wildman–Crippen MR) is 122 cm³/mol. The zero-order chi connectivity index (χ0) is 19.9. The van der Waals surface area contributed by atoms with Crippen LogP contribution in [0.5, 0.6) is 5.75 Å². The van der Waals surface area contributed by atoms with E-state index in [0.717, 1.165) is 33.1 Å². The molecule has 4 rings (SSSR count). The van der Waals surface area contributed by atoms with Gasteiger partial charge in [-0.05, 0) is 35.6 Å². The average molecular weight is 420 g/mol. The standard InChI is InChI=1S/C23H21N3OS2/c1-27-22-12-6-5-11-20(22)21-17-29-23(24-14-13-18-8-3-2-4-9-18)26(21)25-16-19-10-7-15-28-19/h2-12,15-17H,13-14H2,1H3. The summed E-state index contributed by atoms with van der Waals surface area (Å²) < 4.78 is 7.47. The van der Waals surface area contributed by atoms with Crippen molar-refractivity contribution >= 4 is 28.9 Å². The molecule has 29 heavy (non-hydrogen) atoms. The predicted octanol–water partition coefficient (Wildman–Crippen LogP) is 5.31. The first-order valence-electron chi connectivity index (χ1n) is 9.31. The van der Waals surface area contributed by atoms with E-state index in [1.54, 1.807) is 29.8 Å². The van der Waals surface area contributed by atoms with Crippen molar-refractivity contribution in [2.24, 2.45) is 10.1 Å². The van der Waals surface area contributed by atoms with E-state index in [1.165, 1.54) is 5.56 Å². The van der Waals surface area contributed by atoms with Gasteiger partial charge in [0.1, 0.15) is 5.75 Å². The molecule has 2 aromatic heterocycles. The quantitative estimate of drug-likeness (QED) is 0.374. The molecular formula is C23H21N3OS2. The molecule has 0 saturated heterocycles. The highest BCUT2D eigenvalue weighted by atomic mass is 32.1. The zero-order valence-electron chi connectivity index (χ0n) is 16.1. The fraction of sp³-hybridized carbons (Fsp3) is 0.130. The lowest BCUT2D eigenvalue weighted by molar-refractivity contribution is 0.416. The highest BCUT2D eigenvalue weighted by Crippen LogP contribution is 2.29. The number of ether oxygens (including phenoxy) is 1. The van der Waals surface area contributed by atoms with Gasteiger partial charge >= 0.3 is 0 Å². The Bertz CT molecular complexity index is 1140. The Labute approximate surface area is 178 Å². The van der Waals surface area contributed by atoms with Gasteiger partial charge in [-0.3, -0.25) is 4.99 Å². The van der Waals surface area contributed by atoms with E-state index >= 15 is 0 Å². The van der Waals surface area contributed by atoms with E-state index in [0.29, 0.717) is 6.54 Å². The van der Waals surface area contributed by atoms with Gasteiger partial charge in [-0.15, -0.1) is 22.7 Å². The number of para-hydroxylation sites is 1. The third-order valence-corrected chi connectivity index (χ3v) is 6.06. The maximum atomic E-state index is 5.56. The maximum absolute atomic E-state index is 5.56. The molecule has 6 heteroatoms. The van der Waals surface area contributed by atoms with E-state index in [9.17, 15) is 0 Å². The SMILES string of the molecule is COc1ccccc1-c1csc(=NCCc2ccccc2)n1N=Cc1cccs1. The van der Waals surface area contributed by atoms with Crippen LogP contribution in [0.4, 0.5) is 0 Å².